The van der Waals surface area contributed by atoms with Crippen molar-refractivity contribution in [3.05, 3.63) is 194 Å². The SMILES string of the molecule is CC/C=C\C/C=C\C/C=C\C/C=C\C/C=C\C/C=C\C/C=C\C/C=C\CCCCC(=O)OCC(COC(=O)CCCCCCC/C=C\C/C=C\C/C=C\CC)OC(=O)CCC/C=C\C/C=C\C/C=C\C/C=C\C/C=C\CC. The van der Waals surface area contributed by atoms with Crippen LogP contribution in [0.15, 0.2) is 194 Å². The Morgan fingerprint density at radius 1 is 0.260 bits per heavy atom. The van der Waals surface area contributed by atoms with Gasteiger partial charge in [0.2, 0.25) is 0 Å². The maximum atomic E-state index is 12.9. The zero-order chi connectivity index (χ0) is 55.7. The predicted octanol–water partition coefficient (Wildman–Crippen LogP) is 20.6. The third kappa shape index (κ3) is 61.0. The second-order valence-electron chi connectivity index (χ2n) is 18.8. The van der Waals surface area contributed by atoms with Gasteiger partial charge in [0.1, 0.15) is 13.2 Å². The fraction of sp³-hybridized carbons (Fsp3) is 0.507. The Morgan fingerprint density at radius 3 is 0.792 bits per heavy atom. The summed E-state index contributed by atoms with van der Waals surface area (Å²) in [7, 11) is 0. The summed E-state index contributed by atoms with van der Waals surface area (Å²) in [6.07, 6.45) is 95.8. The molecule has 426 valence electrons. The minimum Gasteiger partial charge on any atom is -0.462 e. The standard InChI is InChI=1S/C71H106O6/c1-4-7-10-13-16-19-22-25-28-30-31-32-33-34-35-36-37-38-39-41-43-46-49-52-55-58-61-64-70(73)76-67-68(66-75-69(72)63-60-57-54-51-48-45-42-27-24-21-18-15-12-9-6-3)77-71(74)65-62-59-56-53-50-47-44-40-29-26-23-20-17-14-11-8-5-2/h7-12,16-21,25-29,31-32,34-35,37-38,41-44,47,49,52-53,56,68H,4-6,13-15,22-24,30,33,36,39-40,45-46,48,50-51,54-55,57-67H2,1-3H3/b10-7-,11-8-,12-9-,19-16-,20-17-,21-18-,28-25-,29-26-,32-31-,35-34-,38-37-,42-27-,43-41-,47-44-,52-49-,56-53-. The molecule has 0 amide bonds. The third-order valence-corrected chi connectivity index (χ3v) is 11.6. The zero-order valence-electron chi connectivity index (χ0n) is 48.6. The number of allylic oxidation sites excluding steroid dienone is 32. The van der Waals surface area contributed by atoms with Gasteiger partial charge < -0.3 is 14.2 Å². The van der Waals surface area contributed by atoms with Crippen molar-refractivity contribution in [1.82, 2.24) is 0 Å². The van der Waals surface area contributed by atoms with E-state index in [4.69, 9.17) is 14.2 Å². The molecule has 0 aliphatic rings. The van der Waals surface area contributed by atoms with Gasteiger partial charge in [-0.3, -0.25) is 14.4 Å². The number of hydrogen-bond donors (Lipinski definition) is 0. The summed E-state index contributed by atoms with van der Waals surface area (Å²) >= 11 is 0. The summed E-state index contributed by atoms with van der Waals surface area (Å²) in [6.45, 7) is 6.17. The highest BCUT2D eigenvalue weighted by atomic mass is 16.6. The molecule has 6 nitrogen and oxygen atoms in total. The number of carbonyl (C=O) groups is 3. The second kappa shape index (κ2) is 62.8. The highest BCUT2D eigenvalue weighted by molar-refractivity contribution is 5.71. The molecule has 0 heterocycles. The van der Waals surface area contributed by atoms with E-state index < -0.39 is 12.1 Å². The van der Waals surface area contributed by atoms with Gasteiger partial charge in [0.15, 0.2) is 6.10 Å². The fourth-order valence-corrected chi connectivity index (χ4v) is 7.21. The van der Waals surface area contributed by atoms with Gasteiger partial charge >= 0.3 is 17.9 Å². The summed E-state index contributed by atoms with van der Waals surface area (Å²) < 4.78 is 16.8. The molecule has 0 aromatic heterocycles. The first-order valence-corrected chi connectivity index (χ1v) is 29.9. The molecule has 0 spiro atoms. The van der Waals surface area contributed by atoms with Crippen LogP contribution in [0.5, 0.6) is 0 Å². The van der Waals surface area contributed by atoms with Gasteiger partial charge in [0.25, 0.3) is 0 Å². The van der Waals surface area contributed by atoms with Crippen LogP contribution in [0.4, 0.5) is 0 Å². The highest BCUT2D eigenvalue weighted by Gasteiger charge is 2.19. The van der Waals surface area contributed by atoms with Crippen LogP contribution >= 0.6 is 0 Å². The van der Waals surface area contributed by atoms with Crippen LogP contribution in [-0.4, -0.2) is 37.2 Å². The van der Waals surface area contributed by atoms with Gasteiger partial charge in [0.05, 0.1) is 0 Å². The fourth-order valence-electron chi connectivity index (χ4n) is 7.21. The normalized spacial score (nSPS) is 13.5. The van der Waals surface area contributed by atoms with Crippen LogP contribution in [0.1, 0.15) is 213 Å². The zero-order valence-corrected chi connectivity index (χ0v) is 48.6. The molecule has 0 aromatic carbocycles. The van der Waals surface area contributed by atoms with E-state index in [1.165, 1.54) is 0 Å². The molecule has 0 rings (SSSR count). The predicted molar refractivity (Wildman–Crippen MR) is 334 cm³/mol. The molecule has 0 N–H and O–H groups in total. The van der Waals surface area contributed by atoms with Gasteiger partial charge in [-0.15, -0.1) is 0 Å². The third-order valence-electron chi connectivity index (χ3n) is 11.6. The molecule has 77 heavy (non-hydrogen) atoms. The lowest BCUT2D eigenvalue weighted by Gasteiger charge is -2.18. The Balaban J connectivity index is 4.58. The molecule has 0 saturated heterocycles. The maximum Gasteiger partial charge on any atom is 0.306 e. The van der Waals surface area contributed by atoms with Crippen molar-refractivity contribution in [2.45, 2.75) is 219 Å². The molecular weight excluding hydrogens is 949 g/mol. The minimum absolute atomic E-state index is 0.135. The highest BCUT2D eigenvalue weighted by Crippen LogP contribution is 2.11. The van der Waals surface area contributed by atoms with Gasteiger partial charge in [0, 0.05) is 19.3 Å². The second-order valence-corrected chi connectivity index (χ2v) is 18.8. The molecule has 1 atom stereocenters. The lowest BCUT2D eigenvalue weighted by atomic mass is 10.1. The van der Waals surface area contributed by atoms with Crippen LogP contribution in [-0.2, 0) is 28.6 Å². The molecule has 0 radical (unpaired) electrons. The summed E-state index contributed by atoms with van der Waals surface area (Å²) in [4.78, 5) is 38.2. The van der Waals surface area contributed by atoms with Crippen molar-refractivity contribution in [2.75, 3.05) is 13.2 Å². The number of rotatable bonds is 51. The van der Waals surface area contributed by atoms with Gasteiger partial charge in [-0.1, -0.05) is 234 Å². The molecule has 0 aromatic rings. The van der Waals surface area contributed by atoms with Crippen molar-refractivity contribution in [2.24, 2.45) is 0 Å². The molecule has 0 bridgehead atoms. The van der Waals surface area contributed by atoms with Crippen LogP contribution in [0.25, 0.3) is 0 Å². The molecule has 0 saturated carbocycles. The molecule has 6 heteroatoms. The van der Waals surface area contributed by atoms with E-state index in [1.807, 2.05) is 0 Å². The van der Waals surface area contributed by atoms with E-state index in [1.54, 1.807) is 0 Å². The lowest BCUT2D eigenvalue weighted by Crippen LogP contribution is -2.30. The Kier molecular flexibility index (Phi) is 58.1. The van der Waals surface area contributed by atoms with Gasteiger partial charge in [-0.05, 0) is 154 Å². The van der Waals surface area contributed by atoms with E-state index in [0.29, 0.717) is 19.3 Å². The maximum absolute atomic E-state index is 12.9. The van der Waals surface area contributed by atoms with Crippen molar-refractivity contribution < 1.29 is 28.6 Å². The number of ether oxygens (including phenoxy) is 3. The molecule has 0 fully saturated rings. The smallest absolute Gasteiger partial charge is 0.306 e. The lowest BCUT2D eigenvalue weighted by molar-refractivity contribution is -0.167. The number of esters is 3. The monoisotopic (exact) mass is 1050 g/mol. The van der Waals surface area contributed by atoms with Crippen LogP contribution in [0, 0.1) is 0 Å². The van der Waals surface area contributed by atoms with Crippen molar-refractivity contribution >= 4 is 17.9 Å². The average molecular weight is 1060 g/mol. The molecular formula is C71H106O6. The summed E-state index contributed by atoms with van der Waals surface area (Å²) in [5.74, 6) is -1.07. The average Bonchev–Trinajstić information content (AvgIpc) is 3.43. The Hall–Kier alpha value is -5.75. The van der Waals surface area contributed by atoms with Crippen LogP contribution in [0.2, 0.25) is 0 Å². The summed E-state index contributed by atoms with van der Waals surface area (Å²) in [5, 5.41) is 0. The molecule has 0 aliphatic heterocycles. The van der Waals surface area contributed by atoms with Gasteiger partial charge in [-0.25, -0.2) is 0 Å². The minimum atomic E-state index is -0.846. The van der Waals surface area contributed by atoms with Gasteiger partial charge in [-0.2, -0.15) is 0 Å². The molecule has 1 unspecified atom stereocenters. The number of carbonyl (C=O) groups excluding carboxylic acids is 3. The molecule has 0 aliphatic carbocycles. The van der Waals surface area contributed by atoms with E-state index in [-0.39, 0.29) is 38.0 Å². The topological polar surface area (TPSA) is 78.9 Å². The summed E-state index contributed by atoms with van der Waals surface area (Å²) in [5.41, 5.74) is 0. The summed E-state index contributed by atoms with van der Waals surface area (Å²) in [6, 6.07) is 0. The quantitative estimate of drug-likeness (QED) is 0.0261. The first kappa shape index (κ1) is 71.2. The van der Waals surface area contributed by atoms with Crippen molar-refractivity contribution in [3.63, 3.8) is 0 Å². The van der Waals surface area contributed by atoms with E-state index in [9.17, 15) is 14.4 Å². The van der Waals surface area contributed by atoms with Crippen LogP contribution < -0.4 is 0 Å². The Morgan fingerprint density at radius 2 is 0.481 bits per heavy atom. The number of hydrogen-bond acceptors (Lipinski definition) is 6. The largest absolute Gasteiger partial charge is 0.462 e. The first-order valence-electron chi connectivity index (χ1n) is 29.9. The first-order chi connectivity index (χ1) is 38.0. The van der Waals surface area contributed by atoms with Crippen LogP contribution in [0.3, 0.4) is 0 Å². The number of unbranched alkanes of at least 4 members (excludes halogenated alkanes) is 8. The van der Waals surface area contributed by atoms with E-state index in [2.05, 4.69) is 215 Å². The van der Waals surface area contributed by atoms with E-state index in [0.717, 1.165) is 161 Å². The van der Waals surface area contributed by atoms with E-state index >= 15 is 0 Å². The Bertz CT molecular complexity index is 1880. The van der Waals surface area contributed by atoms with Crippen molar-refractivity contribution in [1.29, 1.82) is 0 Å². The van der Waals surface area contributed by atoms with Crippen molar-refractivity contribution in [3.8, 4) is 0 Å². The Labute approximate surface area is 471 Å².